The predicted octanol–water partition coefficient (Wildman–Crippen LogP) is 26.2. The van der Waals surface area contributed by atoms with E-state index in [1.165, 1.54) is 161 Å². The van der Waals surface area contributed by atoms with E-state index in [-0.39, 0.29) is 32.0 Å². The molecule has 2 unspecified atom stereocenters. The average molecular weight is 1380 g/mol. The summed E-state index contributed by atoms with van der Waals surface area (Å²) >= 11 is 0. The Hall–Kier alpha value is -4.63. The molecule has 0 heterocycles. The molecule has 10 heteroatoms. The summed E-state index contributed by atoms with van der Waals surface area (Å²) < 4.78 is 34.4. The van der Waals surface area contributed by atoms with Crippen molar-refractivity contribution in [1.29, 1.82) is 0 Å². The summed E-state index contributed by atoms with van der Waals surface area (Å²) in [5.74, 6) is -0.832. The van der Waals surface area contributed by atoms with Crippen LogP contribution in [0.3, 0.4) is 0 Å². The summed E-state index contributed by atoms with van der Waals surface area (Å²) in [6.45, 7) is 4.03. The number of esters is 2. The number of hydrogen-bond donors (Lipinski definition) is 0. The Balaban J connectivity index is 4.01. The molecule has 0 N–H and O–H groups in total. The van der Waals surface area contributed by atoms with Gasteiger partial charge in [-0.05, 0) is 128 Å². The summed E-state index contributed by atoms with van der Waals surface area (Å²) in [4.78, 5) is 38.2. The second-order valence-electron chi connectivity index (χ2n) is 27.3. The molecule has 0 aliphatic heterocycles. The molecule has 0 saturated heterocycles. The Kier molecular flexibility index (Phi) is 72.9. The predicted molar refractivity (Wildman–Crippen MR) is 424 cm³/mol. The SMILES string of the molecule is CC/C=C\C/C=C\C/C=C\C/C=C\C/C=C\C/C=C\C/C=C\C/C=C\CCCCCCCCCCCCCCCCC(=O)OC(COC(=O)CCCCCCCCCCCCCCCCCC/C=C\C/C=C\C/C=C\C/C=C\C/C=C\C/C=C\CC)COP(=O)([O-])OCC[N+](C)(C)C. The van der Waals surface area contributed by atoms with Gasteiger partial charge in [-0.15, -0.1) is 0 Å². The number of phosphoric ester groups is 1. The van der Waals surface area contributed by atoms with Gasteiger partial charge in [0.2, 0.25) is 0 Å². The summed E-state index contributed by atoms with van der Waals surface area (Å²) in [5.41, 5.74) is 0. The van der Waals surface area contributed by atoms with E-state index in [1.54, 1.807) is 0 Å². The van der Waals surface area contributed by atoms with E-state index in [9.17, 15) is 19.0 Å². The van der Waals surface area contributed by atoms with E-state index in [0.717, 1.165) is 128 Å². The molecule has 2 atom stereocenters. The molecule has 0 aromatic rings. The standard InChI is InChI=1S/C88H148NO8P/c1-6-8-10-12-14-16-18-20-22-24-26-28-30-32-34-36-38-40-42-43-44-45-47-49-51-53-55-57-59-61-63-65-67-69-71-73-75-77-79-81-88(91)97-86(85-96-98(92,93)95-83-82-89(3,4)5)84-94-87(90)80-78-76-74-72-70-68-66-64-62-60-58-56-54-52-50-48-46-41-39-37-35-33-31-29-27-25-23-21-19-17-15-13-11-9-7-2/h8-11,14-17,20-23,26-29,32-35,38-41,43-44,47,49,86H,6-7,12-13,18-19,24-25,30-31,36-37,42,45-46,48,50-85H2,1-5H3/b10-8-,11-9-,16-14-,17-15-,22-20-,23-21-,28-26-,29-27-,34-32-,35-33-,40-38-,41-39-,44-43-,49-47-. The van der Waals surface area contributed by atoms with Crippen molar-refractivity contribution < 1.29 is 42.1 Å². The number of quaternary nitrogens is 1. The van der Waals surface area contributed by atoms with Crippen LogP contribution < -0.4 is 4.89 Å². The van der Waals surface area contributed by atoms with E-state index in [0.29, 0.717) is 17.4 Å². The number of rotatable bonds is 72. The second-order valence-corrected chi connectivity index (χ2v) is 28.7. The lowest BCUT2D eigenvalue weighted by Gasteiger charge is -2.28. The molecule has 98 heavy (non-hydrogen) atoms. The number of carbonyl (C=O) groups excluding carboxylic acids is 2. The second kappa shape index (κ2) is 76.5. The quantitative estimate of drug-likeness (QED) is 0.0195. The molecular formula is C88H148NO8P. The first kappa shape index (κ1) is 93.4. The molecule has 0 aromatic carbocycles. The molecule has 0 aromatic heterocycles. The normalized spacial score (nSPS) is 14.0. The molecule has 0 radical (unpaired) electrons. The molecule has 0 aliphatic carbocycles. The zero-order valence-corrected chi connectivity index (χ0v) is 64.6. The van der Waals surface area contributed by atoms with Crippen LogP contribution in [-0.2, 0) is 32.7 Å². The topological polar surface area (TPSA) is 111 Å². The first-order valence-corrected chi connectivity index (χ1v) is 41.3. The van der Waals surface area contributed by atoms with Crippen molar-refractivity contribution in [3.8, 4) is 0 Å². The highest BCUT2D eigenvalue weighted by Crippen LogP contribution is 2.38. The smallest absolute Gasteiger partial charge is 0.306 e. The first-order valence-electron chi connectivity index (χ1n) is 39.8. The van der Waals surface area contributed by atoms with Crippen molar-refractivity contribution in [3.05, 3.63) is 170 Å². The summed E-state index contributed by atoms with van der Waals surface area (Å²) in [6.07, 6.45) is 116. The van der Waals surface area contributed by atoms with E-state index in [2.05, 4.69) is 184 Å². The van der Waals surface area contributed by atoms with Crippen LogP contribution in [0, 0.1) is 0 Å². The fourth-order valence-corrected chi connectivity index (χ4v) is 11.5. The van der Waals surface area contributed by atoms with Gasteiger partial charge in [0.15, 0.2) is 6.10 Å². The van der Waals surface area contributed by atoms with Gasteiger partial charge in [0.25, 0.3) is 7.82 Å². The van der Waals surface area contributed by atoms with Gasteiger partial charge in [0.1, 0.15) is 19.8 Å². The molecule has 0 saturated carbocycles. The van der Waals surface area contributed by atoms with Crippen LogP contribution >= 0.6 is 7.82 Å². The van der Waals surface area contributed by atoms with E-state index < -0.39 is 26.5 Å². The zero-order valence-electron chi connectivity index (χ0n) is 63.7. The van der Waals surface area contributed by atoms with Gasteiger partial charge in [0, 0.05) is 12.8 Å². The Morgan fingerprint density at radius 1 is 0.316 bits per heavy atom. The highest BCUT2D eigenvalue weighted by atomic mass is 31.2. The molecule has 9 nitrogen and oxygen atoms in total. The average Bonchev–Trinajstić information content (AvgIpc) is 1.23. The van der Waals surface area contributed by atoms with Crippen molar-refractivity contribution in [2.24, 2.45) is 0 Å². The van der Waals surface area contributed by atoms with Gasteiger partial charge in [-0.2, -0.15) is 0 Å². The number of phosphoric acid groups is 1. The number of ether oxygens (including phenoxy) is 2. The van der Waals surface area contributed by atoms with Gasteiger partial charge in [-0.25, -0.2) is 0 Å². The van der Waals surface area contributed by atoms with Gasteiger partial charge >= 0.3 is 11.9 Å². The van der Waals surface area contributed by atoms with Crippen LogP contribution in [-0.4, -0.2) is 70.0 Å². The minimum absolute atomic E-state index is 0.0364. The number of likely N-dealkylation sites (N-methyl/N-ethyl adjacent to an activating group) is 1. The van der Waals surface area contributed by atoms with Crippen molar-refractivity contribution in [2.75, 3.05) is 47.5 Å². The molecule has 0 bridgehead atoms. The summed E-state index contributed by atoms with van der Waals surface area (Å²) in [6, 6.07) is 0. The Bertz CT molecular complexity index is 2270. The summed E-state index contributed by atoms with van der Waals surface area (Å²) in [7, 11) is 1.16. The Morgan fingerprint density at radius 2 is 0.551 bits per heavy atom. The van der Waals surface area contributed by atoms with Crippen LogP contribution in [0.15, 0.2) is 170 Å². The lowest BCUT2D eigenvalue weighted by Crippen LogP contribution is -2.37. The van der Waals surface area contributed by atoms with E-state index in [4.69, 9.17) is 18.5 Å². The highest BCUT2D eigenvalue weighted by Gasteiger charge is 2.22. The summed E-state index contributed by atoms with van der Waals surface area (Å²) in [5, 5.41) is 0. The third-order valence-electron chi connectivity index (χ3n) is 16.7. The maximum atomic E-state index is 12.9. The van der Waals surface area contributed by atoms with Gasteiger partial charge in [-0.1, -0.05) is 351 Å². The third kappa shape index (κ3) is 80.3. The molecule has 558 valence electrons. The van der Waals surface area contributed by atoms with Gasteiger partial charge < -0.3 is 27.9 Å². The third-order valence-corrected chi connectivity index (χ3v) is 17.7. The zero-order chi connectivity index (χ0) is 71.1. The van der Waals surface area contributed by atoms with Crippen LogP contribution in [0.2, 0.25) is 0 Å². The number of nitrogens with zero attached hydrogens (tertiary/aromatic N) is 1. The van der Waals surface area contributed by atoms with Gasteiger partial charge in [-0.3, -0.25) is 14.2 Å². The van der Waals surface area contributed by atoms with Crippen LogP contribution in [0.1, 0.15) is 322 Å². The maximum absolute atomic E-state index is 12.9. The van der Waals surface area contributed by atoms with Crippen LogP contribution in [0.4, 0.5) is 0 Å². The van der Waals surface area contributed by atoms with Crippen molar-refractivity contribution >= 4 is 19.8 Å². The fraction of sp³-hybridized carbons (Fsp3) is 0.659. The van der Waals surface area contributed by atoms with Crippen molar-refractivity contribution in [3.63, 3.8) is 0 Å². The van der Waals surface area contributed by atoms with Crippen LogP contribution in [0.25, 0.3) is 0 Å². The van der Waals surface area contributed by atoms with E-state index in [1.807, 2.05) is 21.1 Å². The molecule has 0 spiro atoms. The van der Waals surface area contributed by atoms with Gasteiger partial charge in [0.05, 0.1) is 27.7 Å². The Morgan fingerprint density at radius 3 is 0.816 bits per heavy atom. The van der Waals surface area contributed by atoms with Crippen molar-refractivity contribution in [1.82, 2.24) is 0 Å². The molecule has 0 fully saturated rings. The largest absolute Gasteiger partial charge is 0.756 e. The van der Waals surface area contributed by atoms with E-state index >= 15 is 0 Å². The monoisotopic (exact) mass is 1380 g/mol. The number of hydrogen-bond acceptors (Lipinski definition) is 8. The first-order chi connectivity index (χ1) is 48.0. The van der Waals surface area contributed by atoms with Crippen LogP contribution in [0.5, 0.6) is 0 Å². The lowest BCUT2D eigenvalue weighted by molar-refractivity contribution is -0.870. The maximum Gasteiger partial charge on any atom is 0.306 e. The Labute approximate surface area is 604 Å². The molecular weight excluding hydrogens is 1230 g/mol. The number of carbonyl (C=O) groups is 2. The lowest BCUT2D eigenvalue weighted by atomic mass is 10.0. The van der Waals surface area contributed by atoms with Crippen molar-refractivity contribution in [2.45, 2.75) is 328 Å². The molecule has 0 rings (SSSR count). The number of allylic oxidation sites excluding steroid dienone is 28. The minimum atomic E-state index is -4.65. The highest BCUT2D eigenvalue weighted by molar-refractivity contribution is 7.45. The molecule has 0 amide bonds. The minimum Gasteiger partial charge on any atom is -0.756 e. The molecule has 0 aliphatic rings. The fourth-order valence-electron chi connectivity index (χ4n) is 10.7. The number of unbranched alkanes of at least 4 members (excludes halogenated alkanes) is 30.